The number of likely N-dealkylation sites (tertiary alicyclic amines) is 1. The molecule has 0 aromatic carbocycles. The van der Waals surface area contributed by atoms with Gasteiger partial charge < -0.3 is 14.4 Å². The van der Waals surface area contributed by atoms with Crippen molar-refractivity contribution in [2.75, 3.05) is 13.1 Å². The van der Waals surface area contributed by atoms with Gasteiger partial charge >= 0.3 is 6.09 Å². The Bertz CT molecular complexity index is 257. The normalized spacial score (nSPS) is 26.5. The van der Waals surface area contributed by atoms with E-state index in [0.29, 0.717) is 13.1 Å². The molecule has 0 unspecified atom stereocenters. The molecule has 0 spiro atoms. The summed E-state index contributed by atoms with van der Waals surface area (Å²) in [6.07, 6.45) is 0.605. The average molecular weight is 213 g/mol. The maximum Gasteiger partial charge on any atom is 0.410 e. The van der Waals surface area contributed by atoms with Crippen LogP contribution in [-0.2, 0) is 9.53 Å². The van der Waals surface area contributed by atoms with Crippen LogP contribution in [-0.4, -0.2) is 36.0 Å². The van der Waals surface area contributed by atoms with E-state index in [1.807, 2.05) is 27.7 Å². The molecule has 1 saturated heterocycles. The van der Waals surface area contributed by atoms with E-state index in [0.717, 1.165) is 6.29 Å². The van der Waals surface area contributed by atoms with Crippen LogP contribution in [0, 0.1) is 11.8 Å². The lowest BCUT2D eigenvalue weighted by Gasteiger charge is -2.24. The minimum Gasteiger partial charge on any atom is -0.444 e. The fourth-order valence-corrected chi connectivity index (χ4v) is 1.64. The molecule has 15 heavy (non-hydrogen) atoms. The lowest BCUT2D eigenvalue weighted by atomic mass is 10.0. The highest BCUT2D eigenvalue weighted by Crippen LogP contribution is 2.22. The van der Waals surface area contributed by atoms with Gasteiger partial charge in [-0.3, -0.25) is 0 Å². The molecule has 2 atom stereocenters. The molecule has 0 saturated carbocycles. The fourth-order valence-electron chi connectivity index (χ4n) is 1.64. The van der Waals surface area contributed by atoms with Crippen molar-refractivity contribution in [2.45, 2.75) is 33.3 Å². The molecule has 1 aliphatic heterocycles. The highest BCUT2D eigenvalue weighted by molar-refractivity contribution is 5.70. The van der Waals surface area contributed by atoms with Crippen LogP contribution in [0.4, 0.5) is 4.79 Å². The van der Waals surface area contributed by atoms with E-state index in [-0.39, 0.29) is 17.9 Å². The van der Waals surface area contributed by atoms with Crippen LogP contribution in [0.5, 0.6) is 0 Å². The van der Waals surface area contributed by atoms with E-state index in [1.54, 1.807) is 4.90 Å². The first-order valence-electron chi connectivity index (χ1n) is 5.26. The molecule has 0 radical (unpaired) electrons. The van der Waals surface area contributed by atoms with Crippen LogP contribution < -0.4 is 0 Å². The van der Waals surface area contributed by atoms with Gasteiger partial charge in [-0.2, -0.15) is 0 Å². The minimum absolute atomic E-state index is 0.0440. The second-order valence-corrected chi connectivity index (χ2v) is 5.16. The van der Waals surface area contributed by atoms with E-state index >= 15 is 0 Å². The molecule has 0 bridgehead atoms. The lowest BCUT2D eigenvalue weighted by molar-refractivity contribution is -0.111. The Kier molecular flexibility index (Phi) is 3.37. The van der Waals surface area contributed by atoms with Crippen LogP contribution in [0.3, 0.4) is 0 Å². The minimum atomic E-state index is -0.473. The molecule has 1 amide bonds. The van der Waals surface area contributed by atoms with Crippen molar-refractivity contribution in [3.8, 4) is 0 Å². The first-order valence-corrected chi connectivity index (χ1v) is 5.26. The van der Waals surface area contributed by atoms with Gasteiger partial charge in [-0.1, -0.05) is 6.92 Å². The van der Waals surface area contributed by atoms with Gasteiger partial charge in [0, 0.05) is 19.0 Å². The predicted octanol–water partition coefficient (Wildman–Crippen LogP) is 1.69. The Morgan fingerprint density at radius 2 is 2.00 bits per heavy atom. The van der Waals surface area contributed by atoms with Crippen LogP contribution in [0.25, 0.3) is 0 Å². The quantitative estimate of drug-likeness (QED) is 0.623. The van der Waals surface area contributed by atoms with Crippen LogP contribution in [0.1, 0.15) is 27.7 Å². The monoisotopic (exact) mass is 213 g/mol. The van der Waals surface area contributed by atoms with Crippen LogP contribution in [0.2, 0.25) is 0 Å². The van der Waals surface area contributed by atoms with E-state index in [1.165, 1.54) is 0 Å². The summed E-state index contributed by atoms with van der Waals surface area (Å²) in [7, 11) is 0. The van der Waals surface area contributed by atoms with E-state index in [2.05, 4.69) is 0 Å². The third kappa shape index (κ3) is 3.22. The lowest BCUT2D eigenvalue weighted by Crippen LogP contribution is -2.35. The highest BCUT2D eigenvalue weighted by Gasteiger charge is 2.34. The second kappa shape index (κ2) is 4.21. The number of hydrogen-bond acceptors (Lipinski definition) is 3. The summed E-state index contributed by atoms with van der Waals surface area (Å²) < 4.78 is 5.23. The van der Waals surface area contributed by atoms with Crippen molar-refractivity contribution >= 4 is 12.4 Å². The van der Waals surface area contributed by atoms with Crippen molar-refractivity contribution in [3.63, 3.8) is 0 Å². The number of nitrogens with zero attached hydrogens (tertiary/aromatic N) is 1. The summed E-state index contributed by atoms with van der Waals surface area (Å²) >= 11 is 0. The topological polar surface area (TPSA) is 46.6 Å². The summed E-state index contributed by atoms with van der Waals surface area (Å²) in [5.41, 5.74) is -0.473. The Morgan fingerprint density at radius 1 is 1.40 bits per heavy atom. The van der Waals surface area contributed by atoms with Crippen molar-refractivity contribution in [1.29, 1.82) is 0 Å². The maximum absolute atomic E-state index is 11.7. The van der Waals surface area contributed by atoms with Gasteiger partial charge in [0.2, 0.25) is 0 Å². The van der Waals surface area contributed by atoms with Gasteiger partial charge in [-0.15, -0.1) is 0 Å². The zero-order valence-corrected chi connectivity index (χ0v) is 9.82. The standard InChI is InChI=1S/C11H19NO3/c1-8-5-12(6-9(8)7-13)10(14)15-11(2,3)4/h7-9H,5-6H2,1-4H3/t8-,9-/m0/s1. The fraction of sp³-hybridized carbons (Fsp3) is 0.818. The molecule has 1 rings (SSSR count). The molecule has 0 aromatic heterocycles. The van der Waals surface area contributed by atoms with Gasteiger partial charge in [0.25, 0.3) is 0 Å². The summed E-state index contributed by atoms with van der Waals surface area (Å²) in [5, 5.41) is 0. The number of hydrogen-bond donors (Lipinski definition) is 0. The number of ether oxygens (including phenoxy) is 1. The molecule has 0 N–H and O–H groups in total. The average Bonchev–Trinajstić information content (AvgIpc) is 2.43. The van der Waals surface area contributed by atoms with E-state index in [4.69, 9.17) is 4.74 Å². The Morgan fingerprint density at radius 3 is 2.40 bits per heavy atom. The summed E-state index contributed by atoms with van der Waals surface area (Å²) in [6.45, 7) is 8.58. The summed E-state index contributed by atoms with van der Waals surface area (Å²) in [6, 6.07) is 0. The molecular weight excluding hydrogens is 194 g/mol. The van der Waals surface area contributed by atoms with Gasteiger partial charge in [0.1, 0.15) is 11.9 Å². The number of aldehydes is 1. The van der Waals surface area contributed by atoms with Gasteiger partial charge in [-0.25, -0.2) is 4.79 Å². The maximum atomic E-state index is 11.7. The third-order valence-electron chi connectivity index (χ3n) is 2.50. The molecule has 86 valence electrons. The van der Waals surface area contributed by atoms with Crippen molar-refractivity contribution in [2.24, 2.45) is 11.8 Å². The van der Waals surface area contributed by atoms with Crippen molar-refractivity contribution in [3.05, 3.63) is 0 Å². The molecule has 4 heteroatoms. The Labute approximate surface area is 90.6 Å². The van der Waals surface area contributed by atoms with Gasteiger partial charge in [-0.05, 0) is 26.7 Å². The van der Waals surface area contributed by atoms with Crippen molar-refractivity contribution < 1.29 is 14.3 Å². The number of amides is 1. The SMILES string of the molecule is C[C@H]1CN(C(=O)OC(C)(C)C)C[C@H]1C=O. The van der Waals surface area contributed by atoms with Crippen LogP contribution in [0.15, 0.2) is 0 Å². The second-order valence-electron chi connectivity index (χ2n) is 5.16. The van der Waals surface area contributed by atoms with E-state index < -0.39 is 5.60 Å². The van der Waals surface area contributed by atoms with Crippen LogP contribution >= 0.6 is 0 Å². The third-order valence-corrected chi connectivity index (χ3v) is 2.50. The molecule has 1 heterocycles. The molecule has 1 aliphatic rings. The molecule has 4 nitrogen and oxygen atoms in total. The molecule has 0 aliphatic carbocycles. The molecule has 0 aromatic rings. The van der Waals surface area contributed by atoms with Gasteiger partial charge in [0.15, 0.2) is 0 Å². The first kappa shape index (κ1) is 12.0. The zero-order chi connectivity index (χ0) is 11.6. The number of rotatable bonds is 1. The zero-order valence-electron chi connectivity index (χ0n) is 9.82. The first-order chi connectivity index (χ1) is 6.83. The molecular formula is C11H19NO3. The van der Waals surface area contributed by atoms with E-state index in [9.17, 15) is 9.59 Å². The number of carbonyl (C=O) groups excluding carboxylic acids is 2. The molecule has 1 fully saturated rings. The number of carbonyl (C=O) groups is 2. The Hall–Kier alpha value is -1.06. The summed E-state index contributed by atoms with van der Waals surface area (Å²) in [4.78, 5) is 24.0. The van der Waals surface area contributed by atoms with Gasteiger partial charge in [0.05, 0.1) is 0 Å². The predicted molar refractivity (Wildman–Crippen MR) is 56.5 cm³/mol. The summed E-state index contributed by atoms with van der Waals surface area (Å²) in [5.74, 6) is 0.188. The smallest absolute Gasteiger partial charge is 0.410 e. The highest BCUT2D eigenvalue weighted by atomic mass is 16.6. The largest absolute Gasteiger partial charge is 0.444 e. The van der Waals surface area contributed by atoms with Crippen molar-refractivity contribution in [1.82, 2.24) is 4.90 Å². The Balaban J connectivity index is 2.53.